The summed E-state index contributed by atoms with van der Waals surface area (Å²) in [6.07, 6.45) is 8.59. The van der Waals surface area contributed by atoms with E-state index < -0.39 is 0 Å². The molecule has 1 atom stereocenters. The molecule has 3 aromatic rings. The standard InChI is InChI=1S/C20H17ClN2/c1-2-13-3-5-16-18(11-13)23-19-12-15(4-6-17(19)20(16)21)14-7-9-22-10-8-14/h2-3,5,7-11,15H,1,4,6,12H2. The van der Waals surface area contributed by atoms with Crippen LogP contribution in [0.15, 0.2) is 49.3 Å². The Kier molecular flexibility index (Phi) is 3.62. The highest BCUT2D eigenvalue weighted by atomic mass is 35.5. The highest BCUT2D eigenvalue weighted by molar-refractivity contribution is 6.36. The minimum Gasteiger partial charge on any atom is -0.265 e. The minimum atomic E-state index is 0.495. The molecule has 1 aromatic carbocycles. The molecule has 0 aliphatic heterocycles. The molecule has 0 N–H and O–H groups in total. The third kappa shape index (κ3) is 2.53. The molecular weight excluding hydrogens is 304 g/mol. The van der Waals surface area contributed by atoms with Crippen molar-refractivity contribution in [3.63, 3.8) is 0 Å². The molecule has 4 rings (SSSR count). The molecular formula is C20H17ClN2. The van der Waals surface area contributed by atoms with Crippen LogP contribution in [0.4, 0.5) is 0 Å². The quantitative estimate of drug-likeness (QED) is 0.648. The smallest absolute Gasteiger partial charge is 0.0726 e. The molecule has 0 saturated carbocycles. The number of hydrogen-bond acceptors (Lipinski definition) is 2. The first-order chi connectivity index (χ1) is 11.3. The zero-order chi connectivity index (χ0) is 15.8. The van der Waals surface area contributed by atoms with Crippen LogP contribution < -0.4 is 0 Å². The van der Waals surface area contributed by atoms with Crippen LogP contribution in [0.3, 0.4) is 0 Å². The van der Waals surface area contributed by atoms with Gasteiger partial charge in [-0.05, 0) is 60.1 Å². The zero-order valence-corrected chi connectivity index (χ0v) is 13.6. The largest absolute Gasteiger partial charge is 0.265 e. The average Bonchev–Trinajstić information content (AvgIpc) is 2.61. The van der Waals surface area contributed by atoms with Crippen molar-refractivity contribution in [2.45, 2.75) is 25.2 Å². The van der Waals surface area contributed by atoms with Crippen LogP contribution in [-0.4, -0.2) is 9.97 Å². The van der Waals surface area contributed by atoms with Crippen LogP contribution in [0, 0.1) is 0 Å². The van der Waals surface area contributed by atoms with Gasteiger partial charge in [0.1, 0.15) is 0 Å². The van der Waals surface area contributed by atoms with Crippen molar-refractivity contribution in [1.29, 1.82) is 0 Å². The van der Waals surface area contributed by atoms with Crippen LogP contribution in [0.5, 0.6) is 0 Å². The van der Waals surface area contributed by atoms with E-state index in [4.69, 9.17) is 16.6 Å². The van der Waals surface area contributed by atoms with Gasteiger partial charge in [0.2, 0.25) is 0 Å². The van der Waals surface area contributed by atoms with Gasteiger partial charge in [0.05, 0.1) is 10.5 Å². The maximum absolute atomic E-state index is 6.67. The number of benzene rings is 1. The summed E-state index contributed by atoms with van der Waals surface area (Å²) in [5.41, 5.74) is 5.72. The molecule has 2 heterocycles. The number of nitrogens with zero attached hydrogens (tertiary/aromatic N) is 2. The van der Waals surface area contributed by atoms with E-state index in [1.54, 1.807) is 0 Å². The van der Waals surface area contributed by atoms with E-state index in [0.717, 1.165) is 46.4 Å². The van der Waals surface area contributed by atoms with Crippen LogP contribution >= 0.6 is 11.6 Å². The molecule has 114 valence electrons. The Balaban J connectivity index is 1.80. The monoisotopic (exact) mass is 320 g/mol. The van der Waals surface area contributed by atoms with Crippen LogP contribution in [0.25, 0.3) is 17.0 Å². The van der Waals surface area contributed by atoms with E-state index in [2.05, 4.69) is 35.8 Å². The predicted octanol–water partition coefficient (Wildman–Crippen LogP) is 5.20. The first-order valence-corrected chi connectivity index (χ1v) is 8.27. The molecule has 1 unspecified atom stereocenters. The van der Waals surface area contributed by atoms with E-state index in [1.807, 2.05) is 24.5 Å². The van der Waals surface area contributed by atoms with Crippen LogP contribution in [-0.2, 0) is 12.8 Å². The summed E-state index contributed by atoms with van der Waals surface area (Å²) in [5.74, 6) is 0.495. The van der Waals surface area contributed by atoms with Crippen molar-refractivity contribution in [2.24, 2.45) is 0 Å². The van der Waals surface area contributed by atoms with Gasteiger partial charge in [0.15, 0.2) is 0 Å². The fourth-order valence-electron chi connectivity index (χ4n) is 3.45. The summed E-state index contributed by atoms with van der Waals surface area (Å²) in [4.78, 5) is 9.03. The number of aromatic nitrogens is 2. The lowest BCUT2D eigenvalue weighted by molar-refractivity contribution is 0.574. The molecule has 0 bridgehead atoms. The van der Waals surface area contributed by atoms with Gasteiger partial charge >= 0.3 is 0 Å². The summed E-state index contributed by atoms with van der Waals surface area (Å²) in [5, 5.41) is 1.91. The first kappa shape index (κ1) is 14.4. The number of rotatable bonds is 2. The molecule has 3 heteroatoms. The summed E-state index contributed by atoms with van der Waals surface area (Å²) < 4.78 is 0. The third-order valence-corrected chi connectivity index (χ3v) is 5.15. The average molecular weight is 321 g/mol. The van der Waals surface area contributed by atoms with Crippen LogP contribution in [0.2, 0.25) is 5.02 Å². The fraction of sp³-hybridized carbons (Fsp3) is 0.200. The highest BCUT2D eigenvalue weighted by Gasteiger charge is 2.24. The van der Waals surface area contributed by atoms with Gasteiger partial charge in [0, 0.05) is 23.5 Å². The van der Waals surface area contributed by atoms with E-state index in [-0.39, 0.29) is 0 Å². The topological polar surface area (TPSA) is 25.8 Å². The van der Waals surface area contributed by atoms with Gasteiger partial charge in [0.25, 0.3) is 0 Å². The maximum Gasteiger partial charge on any atom is 0.0726 e. The Morgan fingerprint density at radius 1 is 1.17 bits per heavy atom. The summed E-state index contributed by atoms with van der Waals surface area (Å²) in [7, 11) is 0. The van der Waals surface area contributed by atoms with Gasteiger partial charge in [-0.2, -0.15) is 0 Å². The molecule has 0 spiro atoms. The molecule has 1 aliphatic rings. The third-order valence-electron chi connectivity index (χ3n) is 4.72. The molecule has 0 radical (unpaired) electrons. The zero-order valence-electron chi connectivity index (χ0n) is 12.8. The van der Waals surface area contributed by atoms with E-state index in [1.165, 1.54) is 11.1 Å². The number of pyridine rings is 2. The van der Waals surface area contributed by atoms with Crippen molar-refractivity contribution in [3.05, 3.63) is 76.7 Å². The SMILES string of the molecule is C=Cc1ccc2c(Cl)c3c(nc2c1)CC(c1ccncc1)CC3. The number of halogens is 1. The summed E-state index contributed by atoms with van der Waals surface area (Å²) in [6, 6.07) is 10.4. The predicted molar refractivity (Wildman–Crippen MR) is 95.8 cm³/mol. The minimum absolute atomic E-state index is 0.495. The van der Waals surface area contributed by atoms with Crippen molar-refractivity contribution >= 4 is 28.6 Å². The second kappa shape index (κ2) is 5.78. The van der Waals surface area contributed by atoms with E-state index in [0.29, 0.717) is 5.92 Å². The van der Waals surface area contributed by atoms with Crippen molar-refractivity contribution in [2.75, 3.05) is 0 Å². The Bertz CT molecular complexity index is 887. The van der Waals surface area contributed by atoms with Gasteiger partial charge in [-0.25, -0.2) is 0 Å². The fourth-order valence-corrected chi connectivity index (χ4v) is 3.82. The molecule has 2 nitrogen and oxygen atoms in total. The normalized spacial score (nSPS) is 17.0. The van der Waals surface area contributed by atoms with Gasteiger partial charge in [-0.3, -0.25) is 9.97 Å². The van der Waals surface area contributed by atoms with Crippen LogP contribution in [0.1, 0.15) is 34.7 Å². The molecule has 0 amide bonds. The number of hydrogen-bond donors (Lipinski definition) is 0. The Labute approximate surface area is 140 Å². The van der Waals surface area contributed by atoms with Crippen molar-refractivity contribution in [3.8, 4) is 0 Å². The molecule has 2 aromatic heterocycles. The lowest BCUT2D eigenvalue weighted by Crippen LogP contribution is -2.15. The Morgan fingerprint density at radius 3 is 2.78 bits per heavy atom. The van der Waals surface area contributed by atoms with Gasteiger partial charge in [-0.15, -0.1) is 0 Å². The molecule has 0 fully saturated rings. The van der Waals surface area contributed by atoms with E-state index >= 15 is 0 Å². The summed E-state index contributed by atoms with van der Waals surface area (Å²) in [6.45, 7) is 3.83. The molecule has 0 saturated heterocycles. The highest BCUT2D eigenvalue weighted by Crippen LogP contribution is 2.38. The Morgan fingerprint density at radius 2 is 2.00 bits per heavy atom. The van der Waals surface area contributed by atoms with Gasteiger partial charge < -0.3 is 0 Å². The van der Waals surface area contributed by atoms with E-state index in [9.17, 15) is 0 Å². The Hall–Kier alpha value is -2.19. The molecule has 23 heavy (non-hydrogen) atoms. The second-order valence-corrected chi connectivity index (χ2v) is 6.43. The summed E-state index contributed by atoms with van der Waals surface area (Å²) >= 11 is 6.67. The molecule has 1 aliphatic carbocycles. The van der Waals surface area contributed by atoms with Crippen molar-refractivity contribution in [1.82, 2.24) is 9.97 Å². The first-order valence-electron chi connectivity index (χ1n) is 7.89. The van der Waals surface area contributed by atoms with Crippen molar-refractivity contribution < 1.29 is 0 Å². The maximum atomic E-state index is 6.67. The second-order valence-electron chi connectivity index (χ2n) is 6.05. The van der Waals surface area contributed by atoms with Gasteiger partial charge in [-0.1, -0.05) is 36.4 Å². The lowest BCUT2D eigenvalue weighted by atomic mass is 9.82. The number of fused-ring (bicyclic) bond motifs is 2. The lowest BCUT2D eigenvalue weighted by Gasteiger charge is -2.25.